The van der Waals surface area contributed by atoms with Gasteiger partial charge in [0.1, 0.15) is 5.75 Å². The number of halogens is 2. The number of hydrogen-bond acceptors (Lipinski definition) is 5. The highest BCUT2D eigenvalue weighted by Gasteiger charge is 2.21. The van der Waals surface area contributed by atoms with Gasteiger partial charge in [-0.2, -0.15) is 13.5 Å². The monoisotopic (exact) mass is 336 g/mol. The Labute approximate surface area is 138 Å². The van der Waals surface area contributed by atoms with Crippen molar-refractivity contribution in [3.05, 3.63) is 48.1 Å². The largest absolute Gasteiger partial charge is 0.619 e. The molecule has 24 heavy (non-hydrogen) atoms. The van der Waals surface area contributed by atoms with Crippen LogP contribution in [0.15, 0.2) is 42.9 Å². The zero-order valence-electron chi connectivity index (χ0n) is 12.9. The van der Waals surface area contributed by atoms with Crippen molar-refractivity contribution in [2.45, 2.75) is 25.5 Å². The van der Waals surface area contributed by atoms with E-state index in [-0.39, 0.29) is 11.8 Å². The van der Waals surface area contributed by atoms with Crippen LogP contribution in [0.1, 0.15) is 12.8 Å². The molecule has 2 aromatic rings. The lowest BCUT2D eigenvalue weighted by Crippen LogP contribution is -2.42. The summed E-state index contributed by atoms with van der Waals surface area (Å²) in [4.78, 5) is 6.30. The van der Waals surface area contributed by atoms with E-state index in [1.807, 2.05) is 0 Å². The van der Waals surface area contributed by atoms with Crippen molar-refractivity contribution in [2.75, 3.05) is 23.3 Å². The zero-order chi connectivity index (χ0) is 16.9. The highest BCUT2D eigenvalue weighted by molar-refractivity contribution is 5.50. The molecule has 6 nitrogen and oxygen atoms in total. The minimum absolute atomic E-state index is 0.147. The average Bonchev–Trinajstić information content (AvgIpc) is 2.55. The maximum Gasteiger partial charge on any atom is 0.387 e. The molecule has 0 radical (unpaired) electrons. The molecule has 1 fully saturated rings. The van der Waals surface area contributed by atoms with Crippen molar-refractivity contribution in [3.63, 3.8) is 0 Å². The molecule has 2 heterocycles. The second-order valence-electron chi connectivity index (χ2n) is 5.60. The van der Waals surface area contributed by atoms with Gasteiger partial charge in [-0.05, 0) is 37.1 Å². The molecule has 0 aliphatic carbocycles. The quantitative estimate of drug-likeness (QED) is 0.671. The molecule has 0 amide bonds. The summed E-state index contributed by atoms with van der Waals surface area (Å²) in [7, 11) is 0. The van der Waals surface area contributed by atoms with Crippen molar-refractivity contribution >= 4 is 11.5 Å². The van der Waals surface area contributed by atoms with Gasteiger partial charge >= 0.3 is 6.61 Å². The van der Waals surface area contributed by atoms with E-state index in [2.05, 4.69) is 19.9 Å². The summed E-state index contributed by atoms with van der Waals surface area (Å²) in [6.07, 6.45) is 6.14. The summed E-state index contributed by atoms with van der Waals surface area (Å²) in [6.45, 7) is -1.19. The third-order valence-electron chi connectivity index (χ3n) is 3.88. The van der Waals surface area contributed by atoms with E-state index in [0.29, 0.717) is 10.5 Å². The van der Waals surface area contributed by atoms with Crippen molar-refractivity contribution < 1.29 is 18.2 Å². The number of hydrogen-bond donors (Lipinski definition) is 1. The molecule has 1 aliphatic heterocycles. The van der Waals surface area contributed by atoms with Crippen LogP contribution in [0.2, 0.25) is 0 Å². The summed E-state index contributed by atoms with van der Waals surface area (Å²) in [5.74, 6) is 0.689. The Bertz CT molecular complexity index is 669. The van der Waals surface area contributed by atoms with Crippen LogP contribution in [0.4, 0.5) is 20.3 Å². The summed E-state index contributed by atoms with van der Waals surface area (Å²) >= 11 is 0. The number of aromatic nitrogens is 2. The van der Waals surface area contributed by atoms with Gasteiger partial charge in [-0.15, -0.1) is 0 Å². The van der Waals surface area contributed by atoms with E-state index in [1.54, 1.807) is 12.1 Å². The highest BCUT2D eigenvalue weighted by atomic mass is 19.3. The van der Waals surface area contributed by atoms with Gasteiger partial charge in [0.15, 0.2) is 12.0 Å². The van der Waals surface area contributed by atoms with Gasteiger partial charge in [-0.1, -0.05) is 0 Å². The third-order valence-corrected chi connectivity index (χ3v) is 3.88. The number of ether oxygens (including phenoxy) is 1. The Balaban J connectivity index is 1.62. The van der Waals surface area contributed by atoms with E-state index in [4.69, 9.17) is 0 Å². The Morgan fingerprint density at radius 2 is 2.12 bits per heavy atom. The molecule has 1 aromatic carbocycles. The maximum atomic E-state index is 12.2. The van der Waals surface area contributed by atoms with Gasteiger partial charge in [0.2, 0.25) is 6.20 Å². The van der Waals surface area contributed by atoms with E-state index in [9.17, 15) is 14.0 Å². The number of piperidine rings is 1. The molecule has 0 spiro atoms. The zero-order valence-corrected chi connectivity index (χ0v) is 12.9. The number of rotatable bonds is 5. The lowest BCUT2D eigenvalue weighted by molar-refractivity contribution is -0.605. The molecule has 0 saturated carbocycles. The second kappa shape index (κ2) is 7.29. The first-order valence-electron chi connectivity index (χ1n) is 7.71. The van der Waals surface area contributed by atoms with Crippen molar-refractivity contribution in [1.82, 2.24) is 4.98 Å². The predicted octanol–water partition coefficient (Wildman–Crippen LogP) is 2.40. The molecular weight excluding hydrogens is 318 g/mol. The Hall–Kier alpha value is -2.64. The lowest BCUT2D eigenvalue weighted by Gasteiger charge is -2.34. The molecule has 128 valence electrons. The fourth-order valence-corrected chi connectivity index (χ4v) is 2.83. The molecule has 1 unspecified atom stereocenters. The summed E-state index contributed by atoms with van der Waals surface area (Å²) in [6, 6.07) is 6.78. The van der Waals surface area contributed by atoms with Gasteiger partial charge in [0, 0.05) is 24.8 Å². The average molecular weight is 336 g/mol. The molecule has 1 saturated heterocycles. The van der Waals surface area contributed by atoms with Crippen molar-refractivity contribution in [2.24, 2.45) is 0 Å². The van der Waals surface area contributed by atoms with E-state index >= 15 is 0 Å². The number of nitrogens with one attached hydrogen (secondary N) is 1. The van der Waals surface area contributed by atoms with Gasteiger partial charge in [0.05, 0.1) is 6.20 Å². The molecule has 1 atom stereocenters. The Kier molecular flexibility index (Phi) is 4.93. The minimum atomic E-state index is -2.82. The van der Waals surface area contributed by atoms with Crippen molar-refractivity contribution in [3.8, 4) is 5.75 Å². The number of nitrogens with zero attached hydrogens (tertiary/aromatic N) is 3. The fourth-order valence-electron chi connectivity index (χ4n) is 2.83. The van der Waals surface area contributed by atoms with Crippen LogP contribution in [0.5, 0.6) is 5.75 Å². The van der Waals surface area contributed by atoms with Crippen LogP contribution in [-0.2, 0) is 0 Å². The summed E-state index contributed by atoms with van der Waals surface area (Å²) < 4.78 is 29.5. The van der Waals surface area contributed by atoms with Crippen LogP contribution >= 0.6 is 0 Å². The number of benzene rings is 1. The minimum Gasteiger partial charge on any atom is -0.619 e. The molecule has 8 heteroatoms. The first-order chi connectivity index (χ1) is 11.6. The normalized spacial score (nSPS) is 17.8. The van der Waals surface area contributed by atoms with Crippen molar-refractivity contribution in [1.29, 1.82) is 0 Å². The number of anilines is 2. The smallest absolute Gasteiger partial charge is 0.387 e. The molecular formula is C16H18F2N4O2. The van der Waals surface area contributed by atoms with Crippen LogP contribution < -0.4 is 19.7 Å². The maximum absolute atomic E-state index is 12.2. The molecule has 3 rings (SSSR count). The predicted molar refractivity (Wildman–Crippen MR) is 85.1 cm³/mol. The summed E-state index contributed by atoms with van der Waals surface area (Å²) in [5.41, 5.74) is 0.947. The standard InChI is InChI=1S/C16H18F2N4O2/c17-16(18)24-14-5-3-13(4-6-14)21-8-1-2-12(10-21)20-15-11-22(23)9-7-19-15/h3-7,9,11-12,16H,1-2,8,10H2,(H,19,20). The summed E-state index contributed by atoms with van der Waals surface area (Å²) in [5, 5.41) is 14.5. The topological polar surface area (TPSA) is 64.3 Å². The fraction of sp³-hybridized carbons (Fsp3) is 0.375. The van der Waals surface area contributed by atoms with Gasteiger partial charge < -0.3 is 20.2 Å². The van der Waals surface area contributed by atoms with E-state index in [1.165, 1.54) is 30.7 Å². The van der Waals surface area contributed by atoms with Gasteiger partial charge in [0.25, 0.3) is 0 Å². The lowest BCUT2D eigenvalue weighted by atomic mass is 10.0. The van der Waals surface area contributed by atoms with Gasteiger partial charge in [-0.3, -0.25) is 0 Å². The second-order valence-corrected chi connectivity index (χ2v) is 5.60. The van der Waals surface area contributed by atoms with Gasteiger partial charge in [-0.25, -0.2) is 4.98 Å². The van der Waals surface area contributed by atoms with Crippen LogP contribution in [0.3, 0.4) is 0 Å². The Morgan fingerprint density at radius 3 is 2.83 bits per heavy atom. The number of alkyl halides is 2. The molecule has 0 bridgehead atoms. The molecule has 1 aliphatic rings. The first-order valence-corrected chi connectivity index (χ1v) is 7.71. The third kappa shape index (κ3) is 4.21. The first kappa shape index (κ1) is 16.2. The van der Waals surface area contributed by atoms with Crippen LogP contribution in [-0.4, -0.2) is 30.7 Å². The molecule has 1 N–H and O–H groups in total. The SMILES string of the molecule is [O-][n+]1ccnc(NC2CCCN(c3ccc(OC(F)F)cc3)C2)c1. The van der Waals surface area contributed by atoms with Crippen LogP contribution in [0.25, 0.3) is 0 Å². The Morgan fingerprint density at radius 1 is 1.33 bits per heavy atom. The van der Waals surface area contributed by atoms with E-state index in [0.717, 1.165) is 31.6 Å². The molecule has 1 aromatic heterocycles. The highest BCUT2D eigenvalue weighted by Crippen LogP contribution is 2.24. The van der Waals surface area contributed by atoms with Crippen LogP contribution in [0, 0.1) is 5.21 Å². The van der Waals surface area contributed by atoms with E-state index < -0.39 is 6.61 Å².